The van der Waals surface area contributed by atoms with Crippen LogP contribution in [0.3, 0.4) is 0 Å². The highest BCUT2D eigenvalue weighted by molar-refractivity contribution is 6.05. The van der Waals surface area contributed by atoms with Gasteiger partial charge in [0.15, 0.2) is 0 Å². The van der Waals surface area contributed by atoms with Crippen molar-refractivity contribution in [1.29, 1.82) is 0 Å². The van der Waals surface area contributed by atoms with E-state index in [1.807, 2.05) is 19.1 Å². The Kier molecular flexibility index (Phi) is 3.56. The molecule has 0 saturated carbocycles. The molecule has 2 N–H and O–H groups in total. The third-order valence-corrected chi connectivity index (χ3v) is 3.71. The zero-order valence-corrected chi connectivity index (χ0v) is 11.5. The summed E-state index contributed by atoms with van der Waals surface area (Å²) in [7, 11) is 0. The van der Waals surface area contributed by atoms with E-state index in [9.17, 15) is 4.79 Å². The van der Waals surface area contributed by atoms with Gasteiger partial charge in [0.05, 0.1) is 11.8 Å². The largest absolute Gasteiger partial charge is 0.469 e. The zero-order valence-electron chi connectivity index (χ0n) is 11.5. The normalized spacial score (nSPS) is 13.8. The lowest BCUT2D eigenvalue weighted by atomic mass is 9.99. The number of benzene rings is 1. The Morgan fingerprint density at radius 2 is 2.30 bits per heavy atom. The molecule has 104 valence electrons. The Hall–Kier alpha value is -2.07. The standard InChI is InChI=1S/C16H18N2O2/c1-2-15-12(7-9-20-15)16(19)18-14-5-3-4-11-6-8-17-10-13(11)14/h3-5,7,9,17H,2,6,8,10H2,1H3,(H,18,19). The maximum atomic E-state index is 12.3. The fourth-order valence-electron chi connectivity index (χ4n) is 2.64. The molecule has 1 aliphatic rings. The summed E-state index contributed by atoms with van der Waals surface area (Å²) >= 11 is 0. The maximum Gasteiger partial charge on any atom is 0.259 e. The van der Waals surface area contributed by atoms with Crippen LogP contribution in [0, 0.1) is 0 Å². The summed E-state index contributed by atoms with van der Waals surface area (Å²) in [6, 6.07) is 7.80. The molecule has 1 aromatic carbocycles. The predicted octanol–water partition coefficient (Wildman–Crippen LogP) is 2.74. The van der Waals surface area contributed by atoms with Crippen LogP contribution >= 0.6 is 0 Å². The van der Waals surface area contributed by atoms with Crippen molar-refractivity contribution in [2.75, 3.05) is 11.9 Å². The van der Waals surface area contributed by atoms with Gasteiger partial charge >= 0.3 is 0 Å². The lowest BCUT2D eigenvalue weighted by molar-refractivity contribution is 0.102. The fraction of sp³-hybridized carbons (Fsp3) is 0.312. The lowest BCUT2D eigenvalue weighted by Gasteiger charge is -2.20. The molecule has 0 saturated heterocycles. The summed E-state index contributed by atoms with van der Waals surface area (Å²) < 4.78 is 5.31. The number of hydrogen-bond acceptors (Lipinski definition) is 3. The van der Waals surface area contributed by atoms with Crippen molar-refractivity contribution >= 4 is 11.6 Å². The molecule has 1 amide bonds. The highest BCUT2D eigenvalue weighted by Gasteiger charge is 2.17. The van der Waals surface area contributed by atoms with Gasteiger partial charge in [0.2, 0.25) is 0 Å². The molecular weight excluding hydrogens is 252 g/mol. The van der Waals surface area contributed by atoms with Crippen LogP contribution in [0.25, 0.3) is 0 Å². The highest BCUT2D eigenvalue weighted by Crippen LogP contribution is 2.24. The van der Waals surface area contributed by atoms with E-state index in [1.165, 1.54) is 11.1 Å². The molecule has 4 nitrogen and oxygen atoms in total. The Morgan fingerprint density at radius 1 is 1.40 bits per heavy atom. The van der Waals surface area contributed by atoms with E-state index in [4.69, 9.17) is 4.42 Å². The Morgan fingerprint density at radius 3 is 3.15 bits per heavy atom. The van der Waals surface area contributed by atoms with Crippen molar-refractivity contribution < 1.29 is 9.21 Å². The van der Waals surface area contributed by atoms with Crippen LogP contribution in [0.15, 0.2) is 34.9 Å². The lowest BCUT2D eigenvalue weighted by Crippen LogP contribution is -2.25. The predicted molar refractivity (Wildman–Crippen MR) is 77.9 cm³/mol. The second-order valence-corrected chi connectivity index (χ2v) is 4.94. The van der Waals surface area contributed by atoms with Crippen LogP contribution in [-0.4, -0.2) is 12.5 Å². The van der Waals surface area contributed by atoms with Crippen molar-refractivity contribution in [2.45, 2.75) is 26.3 Å². The van der Waals surface area contributed by atoms with Gasteiger partial charge in [-0.2, -0.15) is 0 Å². The molecular formula is C16H18N2O2. The fourth-order valence-corrected chi connectivity index (χ4v) is 2.64. The maximum absolute atomic E-state index is 12.3. The topological polar surface area (TPSA) is 54.3 Å². The van der Waals surface area contributed by atoms with Crippen molar-refractivity contribution in [3.8, 4) is 0 Å². The van der Waals surface area contributed by atoms with Gasteiger partial charge in [-0.05, 0) is 36.2 Å². The number of rotatable bonds is 3. The molecule has 0 spiro atoms. The molecule has 3 rings (SSSR count). The summed E-state index contributed by atoms with van der Waals surface area (Å²) in [4.78, 5) is 12.3. The third kappa shape index (κ3) is 2.34. The van der Waals surface area contributed by atoms with Gasteiger partial charge in [-0.3, -0.25) is 4.79 Å². The molecule has 1 aliphatic heterocycles. The molecule has 2 heterocycles. The number of carbonyl (C=O) groups is 1. The summed E-state index contributed by atoms with van der Waals surface area (Å²) in [5.74, 6) is 0.625. The van der Waals surface area contributed by atoms with E-state index in [0.29, 0.717) is 12.0 Å². The van der Waals surface area contributed by atoms with Gasteiger partial charge in [0.1, 0.15) is 5.76 Å². The molecule has 0 atom stereocenters. The first-order valence-electron chi connectivity index (χ1n) is 6.98. The first kappa shape index (κ1) is 12.9. The summed E-state index contributed by atoms with van der Waals surface area (Å²) in [6.07, 6.45) is 3.28. The van der Waals surface area contributed by atoms with Gasteiger partial charge < -0.3 is 15.1 Å². The van der Waals surface area contributed by atoms with Crippen LogP contribution in [-0.2, 0) is 19.4 Å². The van der Waals surface area contributed by atoms with E-state index < -0.39 is 0 Å². The average molecular weight is 270 g/mol. The zero-order chi connectivity index (χ0) is 13.9. The number of aryl methyl sites for hydroxylation is 1. The van der Waals surface area contributed by atoms with Gasteiger partial charge in [0.25, 0.3) is 5.91 Å². The number of carbonyl (C=O) groups excluding carboxylic acids is 1. The second-order valence-electron chi connectivity index (χ2n) is 4.94. The van der Waals surface area contributed by atoms with Crippen molar-refractivity contribution in [1.82, 2.24) is 5.32 Å². The Bertz CT molecular complexity index is 631. The van der Waals surface area contributed by atoms with Crippen molar-refractivity contribution in [3.63, 3.8) is 0 Å². The van der Waals surface area contributed by atoms with E-state index in [0.717, 1.165) is 31.0 Å². The monoisotopic (exact) mass is 270 g/mol. The van der Waals surface area contributed by atoms with Gasteiger partial charge in [0, 0.05) is 18.7 Å². The second kappa shape index (κ2) is 5.51. The van der Waals surface area contributed by atoms with Gasteiger partial charge in [-0.25, -0.2) is 0 Å². The third-order valence-electron chi connectivity index (χ3n) is 3.71. The molecule has 0 aliphatic carbocycles. The average Bonchev–Trinajstić information content (AvgIpc) is 2.96. The van der Waals surface area contributed by atoms with Crippen LogP contribution in [0.1, 0.15) is 34.2 Å². The van der Waals surface area contributed by atoms with E-state index >= 15 is 0 Å². The van der Waals surface area contributed by atoms with E-state index in [2.05, 4.69) is 16.7 Å². The smallest absolute Gasteiger partial charge is 0.259 e. The van der Waals surface area contributed by atoms with Crippen LogP contribution in [0.2, 0.25) is 0 Å². The Balaban J connectivity index is 1.86. The number of fused-ring (bicyclic) bond motifs is 1. The number of hydrogen-bond donors (Lipinski definition) is 2. The summed E-state index contributed by atoms with van der Waals surface area (Å²) in [5.41, 5.74) is 4.01. The van der Waals surface area contributed by atoms with Crippen LogP contribution in [0.4, 0.5) is 5.69 Å². The van der Waals surface area contributed by atoms with Crippen molar-refractivity contribution in [3.05, 3.63) is 53.0 Å². The summed E-state index contributed by atoms with van der Waals surface area (Å²) in [5, 5.41) is 6.35. The number of furan rings is 1. The van der Waals surface area contributed by atoms with Gasteiger partial charge in [-0.1, -0.05) is 19.1 Å². The molecule has 0 unspecified atom stereocenters. The molecule has 20 heavy (non-hydrogen) atoms. The number of nitrogens with one attached hydrogen (secondary N) is 2. The molecule has 0 bridgehead atoms. The molecule has 2 aromatic rings. The molecule has 0 fully saturated rings. The Labute approximate surface area is 118 Å². The quantitative estimate of drug-likeness (QED) is 0.901. The number of anilines is 1. The van der Waals surface area contributed by atoms with E-state index in [-0.39, 0.29) is 5.91 Å². The molecule has 4 heteroatoms. The van der Waals surface area contributed by atoms with Crippen LogP contribution in [0.5, 0.6) is 0 Å². The van der Waals surface area contributed by atoms with E-state index in [1.54, 1.807) is 12.3 Å². The minimum absolute atomic E-state index is 0.102. The molecule has 1 aromatic heterocycles. The minimum Gasteiger partial charge on any atom is -0.469 e. The van der Waals surface area contributed by atoms with Gasteiger partial charge in [-0.15, -0.1) is 0 Å². The highest BCUT2D eigenvalue weighted by atomic mass is 16.3. The molecule has 0 radical (unpaired) electrons. The van der Waals surface area contributed by atoms with Crippen molar-refractivity contribution in [2.24, 2.45) is 0 Å². The first-order valence-corrected chi connectivity index (χ1v) is 6.98. The van der Waals surface area contributed by atoms with Crippen LogP contribution < -0.4 is 10.6 Å². The number of amides is 1. The summed E-state index contributed by atoms with van der Waals surface area (Å²) in [6.45, 7) is 3.77. The SMILES string of the molecule is CCc1occc1C(=O)Nc1cccc2c1CNCC2. The minimum atomic E-state index is -0.102. The first-order chi connectivity index (χ1) is 9.79.